The van der Waals surface area contributed by atoms with Gasteiger partial charge in [0.2, 0.25) is 0 Å². The van der Waals surface area contributed by atoms with E-state index >= 15 is 0 Å². The number of aliphatic hydroxyl groups is 1. The van der Waals surface area contributed by atoms with E-state index in [4.69, 9.17) is 21.1 Å². The molecule has 1 N–H and O–H groups in total. The van der Waals surface area contributed by atoms with Crippen molar-refractivity contribution in [2.45, 2.75) is 33.7 Å². The predicted molar refractivity (Wildman–Crippen MR) is 141 cm³/mol. The summed E-state index contributed by atoms with van der Waals surface area (Å²) in [5, 5.41) is 11.9. The third kappa shape index (κ3) is 4.97. The van der Waals surface area contributed by atoms with Crippen molar-refractivity contribution in [3.63, 3.8) is 0 Å². The first kappa shape index (κ1) is 26.4. The van der Waals surface area contributed by atoms with Gasteiger partial charge in [0.05, 0.1) is 30.5 Å². The topological polar surface area (TPSA) is 106 Å². The Hall–Kier alpha value is -3.69. The lowest BCUT2D eigenvalue weighted by atomic mass is 9.95. The van der Waals surface area contributed by atoms with E-state index in [9.17, 15) is 19.5 Å². The lowest BCUT2D eigenvalue weighted by molar-refractivity contribution is -0.132. The minimum atomic E-state index is -1.02. The molecule has 192 valence electrons. The molecule has 1 aliphatic rings. The number of thiazole rings is 1. The molecule has 0 radical (unpaired) electrons. The summed E-state index contributed by atoms with van der Waals surface area (Å²) < 4.78 is 10.7. The molecule has 0 bridgehead atoms. The number of hydrogen-bond donors (Lipinski definition) is 1. The van der Waals surface area contributed by atoms with Crippen LogP contribution in [-0.4, -0.2) is 41.0 Å². The number of rotatable bonds is 7. The molecule has 37 heavy (non-hydrogen) atoms. The highest BCUT2D eigenvalue weighted by atomic mass is 35.5. The molecule has 0 saturated carbocycles. The van der Waals surface area contributed by atoms with E-state index in [-0.39, 0.29) is 27.9 Å². The second-order valence-corrected chi connectivity index (χ2v) is 9.68. The van der Waals surface area contributed by atoms with Crippen LogP contribution in [0.25, 0.3) is 5.76 Å². The highest BCUT2D eigenvalue weighted by molar-refractivity contribution is 7.17. The quantitative estimate of drug-likeness (QED) is 0.179. The average Bonchev–Trinajstić information content (AvgIpc) is 3.37. The van der Waals surface area contributed by atoms with Gasteiger partial charge in [0.1, 0.15) is 16.4 Å². The van der Waals surface area contributed by atoms with E-state index in [2.05, 4.69) is 4.98 Å². The summed E-state index contributed by atoms with van der Waals surface area (Å²) in [6.07, 6.45) is 0. The molecular weight excluding hydrogens is 516 g/mol. The number of benzene rings is 2. The number of aryl methyl sites for hydroxylation is 2. The molecule has 1 amide bonds. The Bertz CT molecular complexity index is 1430. The molecule has 0 aliphatic carbocycles. The van der Waals surface area contributed by atoms with Crippen LogP contribution in [0.15, 0.2) is 48.0 Å². The van der Waals surface area contributed by atoms with Crippen LogP contribution in [0.1, 0.15) is 51.9 Å². The zero-order valence-corrected chi connectivity index (χ0v) is 22.3. The van der Waals surface area contributed by atoms with E-state index < -0.39 is 23.7 Å². The van der Waals surface area contributed by atoms with E-state index in [0.29, 0.717) is 34.2 Å². The Morgan fingerprint density at radius 3 is 2.54 bits per heavy atom. The van der Waals surface area contributed by atoms with E-state index in [1.54, 1.807) is 56.3 Å². The third-order valence-electron chi connectivity index (χ3n) is 5.81. The molecule has 2 heterocycles. The summed E-state index contributed by atoms with van der Waals surface area (Å²) in [7, 11) is 0. The van der Waals surface area contributed by atoms with E-state index in [0.717, 1.165) is 16.9 Å². The summed E-state index contributed by atoms with van der Waals surface area (Å²) in [6.45, 7) is 7.67. The Balaban J connectivity index is 1.90. The number of carbonyl (C=O) groups is 3. The van der Waals surface area contributed by atoms with Crippen LogP contribution in [0.3, 0.4) is 0 Å². The maximum absolute atomic E-state index is 13.4. The van der Waals surface area contributed by atoms with Crippen molar-refractivity contribution in [2.24, 2.45) is 0 Å². The number of nitrogens with zero attached hydrogens (tertiary/aromatic N) is 2. The number of aromatic nitrogens is 1. The second-order valence-electron chi connectivity index (χ2n) is 8.27. The lowest BCUT2D eigenvalue weighted by Gasteiger charge is -2.23. The van der Waals surface area contributed by atoms with Gasteiger partial charge in [-0.2, -0.15) is 0 Å². The third-order valence-corrected chi connectivity index (χ3v) is 7.18. The predicted octanol–water partition coefficient (Wildman–Crippen LogP) is 5.62. The molecule has 1 fully saturated rings. The van der Waals surface area contributed by atoms with Gasteiger partial charge in [-0.15, -0.1) is 0 Å². The zero-order chi connectivity index (χ0) is 26.9. The number of anilines is 1. The standard InChI is InChI=1S/C27H25ClN2O6S/c1-5-35-19-11-10-17(12-14(19)3)22(31)20-21(16-8-7-9-18(28)13-16)30(25(33)23(20)32)27-29-15(4)24(37-27)26(34)36-6-2/h7-13,21,31H,5-6H2,1-4H3. The molecule has 1 unspecified atom stereocenters. The minimum Gasteiger partial charge on any atom is -0.507 e. The second kappa shape index (κ2) is 10.7. The largest absolute Gasteiger partial charge is 0.507 e. The molecule has 8 nitrogen and oxygen atoms in total. The van der Waals surface area contributed by atoms with Gasteiger partial charge in [-0.05, 0) is 69.2 Å². The molecule has 4 rings (SSSR count). The smallest absolute Gasteiger partial charge is 0.350 e. The summed E-state index contributed by atoms with van der Waals surface area (Å²) in [5.41, 5.74) is 1.87. The number of aliphatic hydroxyl groups excluding tert-OH is 1. The monoisotopic (exact) mass is 540 g/mol. The van der Waals surface area contributed by atoms with E-state index in [1.165, 1.54) is 4.90 Å². The lowest BCUT2D eigenvalue weighted by Crippen LogP contribution is -2.29. The van der Waals surface area contributed by atoms with Crippen LogP contribution in [0.5, 0.6) is 5.75 Å². The Morgan fingerprint density at radius 2 is 1.89 bits per heavy atom. The molecule has 0 spiro atoms. The number of ketones is 1. The highest BCUT2D eigenvalue weighted by Crippen LogP contribution is 2.44. The van der Waals surface area contributed by atoms with Crippen molar-refractivity contribution in [3.8, 4) is 5.75 Å². The summed E-state index contributed by atoms with van der Waals surface area (Å²) >= 11 is 7.20. The molecule has 1 atom stereocenters. The van der Waals surface area contributed by atoms with Gasteiger partial charge in [-0.1, -0.05) is 35.1 Å². The first-order valence-corrected chi connectivity index (χ1v) is 12.8. The van der Waals surface area contributed by atoms with Gasteiger partial charge in [0, 0.05) is 10.6 Å². The Labute approximate surface area is 223 Å². The molecule has 10 heteroatoms. The number of amides is 1. The summed E-state index contributed by atoms with van der Waals surface area (Å²) in [4.78, 5) is 45.0. The van der Waals surface area contributed by atoms with Crippen LogP contribution >= 0.6 is 22.9 Å². The van der Waals surface area contributed by atoms with Crippen LogP contribution in [0.2, 0.25) is 5.02 Å². The Morgan fingerprint density at radius 1 is 1.14 bits per heavy atom. The van der Waals surface area contributed by atoms with Gasteiger partial charge < -0.3 is 14.6 Å². The number of carbonyl (C=O) groups excluding carboxylic acids is 3. The first-order valence-electron chi connectivity index (χ1n) is 11.6. The fourth-order valence-electron chi connectivity index (χ4n) is 4.16. The maximum Gasteiger partial charge on any atom is 0.350 e. The fraction of sp³-hybridized carbons (Fsp3) is 0.259. The number of Topliss-reactive ketones (excluding diaryl/α,β-unsaturated/α-hetero) is 1. The number of esters is 1. The first-order chi connectivity index (χ1) is 17.7. The van der Waals surface area contributed by atoms with Crippen LogP contribution in [-0.2, 0) is 14.3 Å². The number of hydrogen-bond acceptors (Lipinski definition) is 8. The van der Waals surface area contributed by atoms with Crippen LogP contribution in [0.4, 0.5) is 5.13 Å². The minimum absolute atomic E-state index is 0.110. The van der Waals surface area contributed by atoms with Crippen molar-refractivity contribution in [3.05, 3.63) is 80.3 Å². The van der Waals surface area contributed by atoms with Gasteiger partial charge >= 0.3 is 11.9 Å². The summed E-state index contributed by atoms with van der Waals surface area (Å²) in [6, 6.07) is 10.7. The van der Waals surface area contributed by atoms with Crippen molar-refractivity contribution in [1.82, 2.24) is 4.98 Å². The normalized spacial score (nSPS) is 16.8. The molecular formula is C27H25ClN2O6S. The molecule has 3 aromatic rings. The summed E-state index contributed by atoms with van der Waals surface area (Å²) in [5.74, 6) is -2.01. The van der Waals surface area contributed by atoms with Crippen LogP contribution in [0, 0.1) is 13.8 Å². The number of ether oxygens (including phenoxy) is 2. The van der Waals surface area contributed by atoms with Gasteiger partial charge in [0.25, 0.3) is 5.78 Å². The molecule has 1 aromatic heterocycles. The van der Waals surface area contributed by atoms with Crippen LogP contribution < -0.4 is 9.64 Å². The maximum atomic E-state index is 13.4. The van der Waals surface area contributed by atoms with Crippen molar-refractivity contribution < 1.29 is 29.0 Å². The zero-order valence-electron chi connectivity index (χ0n) is 20.7. The average molecular weight is 541 g/mol. The number of halogens is 1. The van der Waals surface area contributed by atoms with Gasteiger partial charge in [0.15, 0.2) is 5.13 Å². The molecule has 2 aromatic carbocycles. The Kier molecular flexibility index (Phi) is 7.65. The van der Waals surface area contributed by atoms with Crippen molar-refractivity contribution in [2.75, 3.05) is 18.1 Å². The molecule has 1 saturated heterocycles. The molecule has 1 aliphatic heterocycles. The SMILES string of the molecule is CCOC(=O)c1sc(N2C(=O)C(=O)C(=C(O)c3ccc(OCC)c(C)c3)C2c2cccc(Cl)c2)nc1C. The highest BCUT2D eigenvalue weighted by Gasteiger charge is 2.48. The van der Waals surface area contributed by atoms with E-state index in [1.807, 2.05) is 13.8 Å². The van der Waals surface area contributed by atoms with Crippen molar-refractivity contribution >= 4 is 51.5 Å². The van der Waals surface area contributed by atoms with Gasteiger partial charge in [-0.25, -0.2) is 9.78 Å². The van der Waals surface area contributed by atoms with Crippen molar-refractivity contribution in [1.29, 1.82) is 0 Å². The van der Waals surface area contributed by atoms with Gasteiger partial charge in [-0.3, -0.25) is 14.5 Å². The fourth-order valence-corrected chi connectivity index (χ4v) is 5.35.